The number of methoxy groups -OCH3 is 2. The number of halogens is 1. The van der Waals surface area contributed by atoms with Crippen LogP contribution >= 0.6 is 11.6 Å². The molecule has 4 aromatic rings. The van der Waals surface area contributed by atoms with Gasteiger partial charge in [0, 0.05) is 17.1 Å². The second kappa shape index (κ2) is 11.8. The van der Waals surface area contributed by atoms with Gasteiger partial charge in [-0.15, -0.1) is 5.10 Å². The molecule has 1 aliphatic rings. The second-order valence-electron chi connectivity index (χ2n) is 9.00. The predicted molar refractivity (Wildman–Crippen MR) is 145 cm³/mol. The van der Waals surface area contributed by atoms with Crippen LogP contribution in [0, 0.1) is 0 Å². The van der Waals surface area contributed by atoms with Crippen molar-refractivity contribution >= 4 is 17.6 Å². The molecule has 0 bridgehead atoms. The molecule has 0 radical (unpaired) electrons. The fraction of sp³-hybridized carbons (Fsp3) is 0.310. The van der Waals surface area contributed by atoms with Gasteiger partial charge < -0.3 is 18.9 Å². The van der Waals surface area contributed by atoms with Crippen molar-refractivity contribution in [3.63, 3.8) is 0 Å². The number of aryl methyl sites for hydroxylation is 1. The maximum absolute atomic E-state index is 12.1. The summed E-state index contributed by atoms with van der Waals surface area (Å²) in [6, 6.07) is 19.8. The van der Waals surface area contributed by atoms with E-state index in [1.807, 2.05) is 48.5 Å². The quantitative estimate of drug-likeness (QED) is 0.258. The van der Waals surface area contributed by atoms with Crippen molar-refractivity contribution in [2.45, 2.75) is 38.5 Å². The summed E-state index contributed by atoms with van der Waals surface area (Å²) in [5.41, 5.74) is 4.86. The molecule has 1 aliphatic heterocycles. The Labute approximate surface area is 231 Å². The van der Waals surface area contributed by atoms with E-state index in [9.17, 15) is 4.79 Å². The van der Waals surface area contributed by atoms with Crippen LogP contribution in [0.4, 0.5) is 0 Å². The minimum absolute atomic E-state index is 0.00345. The van der Waals surface area contributed by atoms with Crippen molar-refractivity contribution < 1.29 is 23.7 Å². The van der Waals surface area contributed by atoms with E-state index in [2.05, 4.69) is 27.7 Å². The minimum atomic E-state index is -0.506. The number of carbonyl (C=O) groups is 1. The summed E-state index contributed by atoms with van der Waals surface area (Å²) < 4.78 is 25.0. The Bertz CT molecular complexity index is 1470. The van der Waals surface area contributed by atoms with E-state index in [4.69, 9.17) is 30.5 Å². The number of rotatable bonds is 9. The number of fused-ring (bicyclic) bond motifs is 3. The topological polar surface area (TPSA) is 97.6 Å². The van der Waals surface area contributed by atoms with Crippen LogP contribution in [0.3, 0.4) is 0 Å². The molecule has 0 unspecified atom stereocenters. The van der Waals surface area contributed by atoms with Crippen LogP contribution in [0.5, 0.6) is 11.5 Å². The SMILES string of the molecule is CCOC(=O)Cc1nnnn1CC[C@H]1O[C@H](c2cccc(OC)c2OC)c2cc(Cl)ccc2-c2ccccc21. The molecule has 2 atom stereocenters. The van der Waals surface area contributed by atoms with Crippen LogP contribution in [-0.2, 0) is 27.2 Å². The van der Waals surface area contributed by atoms with Gasteiger partial charge in [-0.05, 0) is 64.2 Å². The van der Waals surface area contributed by atoms with Crippen molar-refractivity contribution in [1.82, 2.24) is 20.2 Å². The Balaban J connectivity index is 1.56. The number of ether oxygens (including phenoxy) is 4. The van der Waals surface area contributed by atoms with Crippen LogP contribution in [0.1, 0.15) is 48.1 Å². The zero-order chi connectivity index (χ0) is 27.4. The normalized spacial score (nSPS) is 16.1. The molecule has 3 aromatic carbocycles. The Morgan fingerprint density at radius 1 is 1.00 bits per heavy atom. The Kier molecular flexibility index (Phi) is 8.09. The number of esters is 1. The van der Waals surface area contributed by atoms with Crippen molar-refractivity contribution in [3.8, 4) is 22.6 Å². The van der Waals surface area contributed by atoms with Crippen LogP contribution in [0.25, 0.3) is 11.1 Å². The summed E-state index contributed by atoms with van der Waals surface area (Å²) in [4.78, 5) is 12.1. The summed E-state index contributed by atoms with van der Waals surface area (Å²) in [5, 5.41) is 12.5. The van der Waals surface area contributed by atoms with E-state index < -0.39 is 6.10 Å². The summed E-state index contributed by atoms with van der Waals surface area (Å²) in [7, 11) is 3.23. The van der Waals surface area contributed by atoms with Crippen LogP contribution in [0.15, 0.2) is 60.7 Å². The lowest BCUT2D eigenvalue weighted by Crippen LogP contribution is -2.17. The molecule has 2 heterocycles. The molecule has 0 aliphatic carbocycles. The fourth-order valence-electron chi connectivity index (χ4n) is 5.02. The van der Waals surface area contributed by atoms with Gasteiger partial charge in [-0.25, -0.2) is 4.68 Å². The summed E-state index contributed by atoms with van der Waals surface area (Å²) in [6.45, 7) is 2.49. The number of hydrogen-bond acceptors (Lipinski definition) is 8. The maximum atomic E-state index is 12.1. The highest BCUT2D eigenvalue weighted by molar-refractivity contribution is 6.30. The third-order valence-electron chi connectivity index (χ3n) is 6.73. The molecule has 0 spiro atoms. The van der Waals surface area contributed by atoms with Gasteiger partial charge in [0.25, 0.3) is 0 Å². The van der Waals surface area contributed by atoms with Crippen molar-refractivity contribution in [3.05, 3.63) is 88.2 Å². The molecule has 39 heavy (non-hydrogen) atoms. The average molecular weight is 549 g/mol. The number of nitrogens with zero attached hydrogens (tertiary/aromatic N) is 4. The van der Waals surface area contributed by atoms with Crippen LogP contribution < -0.4 is 9.47 Å². The molecular weight excluding hydrogens is 520 g/mol. The molecular formula is C29H29ClN4O5. The Morgan fingerprint density at radius 2 is 1.79 bits per heavy atom. The van der Waals surface area contributed by atoms with Gasteiger partial charge in [0.15, 0.2) is 17.3 Å². The third kappa shape index (κ3) is 5.46. The molecule has 0 saturated heterocycles. The average Bonchev–Trinajstić information content (AvgIpc) is 3.34. The van der Waals surface area contributed by atoms with Gasteiger partial charge in [-0.1, -0.05) is 54.1 Å². The number of benzene rings is 3. The van der Waals surface area contributed by atoms with Crippen molar-refractivity contribution in [1.29, 1.82) is 0 Å². The molecule has 0 N–H and O–H groups in total. The van der Waals surface area contributed by atoms with Gasteiger partial charge in [0.05, 0.1) is 26.9 Å². The first-order chi connectivity index (χ1) is 19.0. The minimum Gasteiger partial charge on any atom is -0.493 e. The molecule has 10 heteroatoms. The van der Waals surface area contributed by atoms with Crippen molar-refractivity contribution in [2.24, 2.45) is 0 Å². The smallest absolute Gasteiger partial charge is 0.313 e. The lowest BCUT2D eigenvalue weighted by atomic mass is 9.90. The zero-order valence-electron chi connectivity index (χ0n) is 22.0. The van der Waals surface area contributed by atoms with E-state index >= 15 is 0 Å². The van der Waals surface area contributed by atoms with Gasteiger partial charge in [-0.3, -0.25) is 4.79 Å². The second-order valence-corrected chi connectivity index (χ2v) is 9.43. The number of tetrazole rings is 1. The fourth-order valence-corrected chi connectivity index (χ4v) is 5.20. The molecule has 202 valence electrons. The first-order valence-electron chi connectivity index (χ1n) is 12.7. The van der Waals surface area contributed by atoms with E-state index in [0.29, 0.717) is 41.9 Å². The highest BCUT2D eigenvalue weighted by Gasteiger charge is 2.33. The molecule has 0 saturated carbocycles. The van der Waals surface area contributed by atoms with E-state index in [0.717, 1.165) is 27.8 Å². The zero-order valence-corrected chi connectivity index (χ0v) is 22.7. The van der Waals surface area contributed by atoms with Gasteiger partial charge >= 0.3 is 5.97 Å². The van der Waals surface area contributed by atoms with E-state index in [-0.39, 0.29) is 18.5 Å². The van der Waals surface area contributed by atoms with Gasteiger partial charge in [-0.2, -0.15) is 0 Å². The number of aromatic nitrogens is 4. The monoisotopic (exact) mass is 548 g/mol. The summed E-state index contributed by atoms with van der Waals surface area (Å²) in [5.74, 6) is 1.27. The van der Waals surface area contributed by atoms with E-state index in [1.165, 1.54) is 0 Å². The lowest BCUT2D eigenvalue weighted by Gasteiger charge is -2.26. The first kappa shape index (κ1) is 26.6. The molecule has 9 nitrogen and oxygen atoms in total. The number of hydrogen-bond donors (Lipinski definition) is 0. The predicted octanol–water partition coefficient (Wildman–Crippen LogP) is 5.37. The lowest BCUT2D eigenvalue weighted by molar-refractivity contribution is -0.142. The highest BCUT2D eigenvalue weighted by atomic mass is 35.5. The Morgan fingerprint density at radius 3 is 2.59 bits per heavy atom. The van der Waals surface area contributed by atoms with Crippen LogP contribution in [0.2, 0.25) is 5.02 Å². The first-order valence-corrected chi connectivity index (χ1v) is 13.1. The molecule has 1 aromatic heterocycles. The highest BCUT2D eigenvalue weighted by Crippen LogP contribution is 2.49. The third-order valence-corrected chi connectivity index (χ3v) is 6.96. The molecule has 0 fully saturated rings. The molecule has 5 rings (SSSR count). The van der Waals surface area contributed by atoms with Crippen LogP contribution in [-0.4, -0.2) is 47.0 Å². The number of para-hydroxylation sites is 1. The summed E-state index contributed by atoms with van der Waals surface area (Å²) >= 11 is 6.51. The maximum Gasteiger partial charge on any atom is 0.313 e. The van der Waals surface area contributed by atoms with Crippen molar-refractivity contribution in [2.75, 3.05) is 20.8 Å². The molecule has 0 amide bonds. The standard InChI is InChI=1S/C29H29ClN4O5/c1-4-38-27(35)17-26-31-32-33-34(26)15-14-24-21-9-6-5-8-19(21)20-13-12-18(30)16-23(20)28(39-24)22-10-7-11-25(36-2)29(22)37-3/h5-13,16,24,28H,4,14-15,17H2,1-3H3/t24-,28-/m1/s1. The van der Waals surface area contributed by atoms with Gasteiger partial charge in [0.1, 0.15) is 12.5 Å². The summed E-state index contributed by atoms with van der Waals surface area (Å²) in [6.07, 6.45) is -0.305. The van der Waals surface area contributed by atoms with Gasteiger partial charge in [0.2, 0.25) is 0 Å². The Hall–Kier alpha value is -3.95. The van der Waals surface area contributed by atoms with E-state index in [1.54, 1.807) is 25.8 Å². The largest absolute Gasteiger partial charge is 0.493 e. The number of carbonyl (C=O) groups excluding carboxylic acids is 1.